The van der Waals surface area contributed by atoms with Gasteiger partial charge in [0.2, 0.25) is 5.91 Å². The molecule has 0 bridgehead atoms. The smallest absolute Gasteiger partial charge is 0.228 e. The third-order valence-corrected chi connectivity index (χ3v) is 6.98. The quantitative estimate of drug-likeness (QED) is 0.296. The minimum absolute atomic E-state index is 0. The second kappa shape index (κ2) is 11.7. The average Bonchev–Trinajstić information content (AvgIpc) is 3.08. The van der Waals surface area contributed by atoms with Gasteiger partial charge < -0.3 is 4.90 Å². The van der Waals surface area contributed by atoms with Crippen molar-refractivity contribution in [1.29, 1.82) is 0 Å². The van der Waals surface area contributed by atoms with Gasteiger partial charge in [0.15, 0.2) is 5.13 Å². The highest BCUT2D eigenvalue weighted by Gasteiger charge is 2.20. The molecule has 1 heterocycles. The van der Waals surface area contributed by atoms with Crippen LogP contribution in [0.5, 0.6) is 0 Å². The predicted octanol–water partition coefficient (Wildman–Crippen LogP) is 5.80. The second-order valence-electron chi connectivity index (χ2n) is 7.51. The molecule has 0 N–H and O–H groups in total. The molecule has 1 amide bonds. The van der Waals surface area contributed by atoms with Crippen LogP contribution in [0.4, 0.5) is 5.13 Å². The van der Waals surface area contributed by atoms with Crippen molar-refractivity contribution in [3.8, 4) is 0 Å². The first-order valence-corrected chi connectivity index (χ1v) is 11.7. The first-order chi connectivity index (χ1) is 13.9. The summed E-state index contributed by atoms with van der Waals surface area (Å²) < 4.78 is 1.14. The number of carbonyl (C=O) groups is 1. The Morgan fingerprint density at radius 2 is 1.77 bits per heavy atom. The predicted molar refractivity (Wildman–Crippen MR) is 134 cm³/mol. The standard InChI is InChI=1S/C23H29N3OS2.ClH/c1-17-15-20-21(16-18(17)2)29-23(24-20)26(13-12-25(3)4)22(27)11-8-14-28-19-9-6-5-7-10-19;/h5-7,9-10,15-16H,8,11-14H2,1-4H3;1H. The lowest BCUT2D eigenvalue weighted by Crippen LogP contribution is -2.36. The van der Waals surface area contributed by atoms with E-state index in [4.69, 9.17) is 4.98 Å². The molecule has 30 heavy (non-hydrogen) atoms. The number of halogens is 1. The zero-order valence-corrected chi connectivity index (χ0v) is 20.5. The fourth-order valence-corrected chi connectivity index (χ4v) is 4.94. The van der Waals surface area contributed by atoms with E-state index in [1.807, 2.05) is 37.2 Å². The summed E-state index contributed by atoms with van der Waals surface area (Å²) in [4.78, 5) is 23.1. The van der Waals surface area contributed by atoms with Crippen LogP contribution < -0.4 is 4.90 Å². The van der Waals surface area contributed by atoms with E-state index in [1.165, 1.54) is 16.0 Å². The molecule has 0 fully saturated rings. The van der Waals surface area contributed by atoms with Crippen LogP contribution in [0.2, 0.25) is 0 Å². The van der Waals surface area contributed by atoms with Crippen molar-refractivity contribution in [2.75, 3.05) is 37.8 Å². The topological polar surface area (TPSA) is 36.4 Å². The number of hydrogen-bond acceptors (Lipinski definition) is 5. The van der Waals surface area contributed by atoms with Crippen molar-refractivity contribution in [3.05, 3.63) is 53.6 Å². The van der Waals surface area contributed by atoms with Crippen molar-refractivity contribution in [1.82, 2.24) is 9.88 Å². The molecular formula is C23H30ClN3OS2. The van der Waals surface area contributed by atoms with Crippen LogP contribution in [0.25, 0.3) is 10.2 Å². The number of aromatic nitrogens is 1. The number of likely N-dealkylation sites (N-methyl/N-ethyl adjacent to an activating group) is 1. The first-order valence-electron chi connectivity index (χ1n) is 9.95. The number of carbonyl (C=O) groups excluding carboxylic acids is 1. The molecule has 0 spiro atoms. The summed E-state index contributed by atoms with van der Waals surface area (Å²) in [7, 11) is 4.06. The average molecular weight is 464 g/mol. The SMILES string of the molecule is Cc1cc2nc(N(CCN(C)C)C(=O)CCCSc3ccccc3)sc2cc1C.Cl. The molecule has 2 aromatic carbocycles. The number of anilines is 1. The van der Waals surface area contributed by atoms with E-state index in [9.17, 15) is 4.79 Å². The highest BCUT2D eigenvalue weighted by Crippen LogP contribution is 2.31. The lowest BCUT2D eigenvalue weighted by atomic mass is 10.1. The Balaban J connectivity index is 0.00000320. The summed E-state index contributed by atoms with van der Waals surface area (Å²) in [5.74, 6) is 1.10. The Kier molecular flexibility index (Phi) is 9.62. The highest BCUT2D eigenvalue weighted by atomic mass is 35.5. The fraction of sp³-hybridized carbons (Fsp3) is 0.391. The van der Waals surface area contributed by atoms with Crippen molar-refractivity contribution >= 4 is 56.8 Å². The van der Waals surface area contributed by atoms with Crippen LogP contribution in [-0.4, -0.2) is 48.7 Å². The minimum Gasteiger partial charge on any atom is -0.308 e. The Morgan fingerprint density at radius 1 is 1.07 bits per heavy atom. The number of amides is 1. The Hall–Kier alpha value is -1.60. The number of fused-ring (bicyclic) bond motifs is 1. The van der Waals surface area contributed by atoms with Crippen molar-refractivity contribution < 1.29 is 4.79 Å². The molecular weight excluding hydrogens is 434 g/mol. The van der Waals surface area contributed by atoms with E-state index >= 15 is 0 Å². The van der Waals surface area contributed by atoms with Crippen LogP contribution in [-0.2, 0) is 4.79 Å². The number of rotatable bonds is 9. The highest BCUT2D eigenvalue weighted by molar-refractivity contribution is 7.99. The molecule has 162 valence electrons. The van der Waals surface area contributed by atoms with E-state index in [1.54, 1.807) is 23.1 Å². The van der Waals surface area contributed by atoms with E-state index < -0.39 is 0 Å². The largest absolute Gasteiger partial charge is 0.308 e. The van der Waals surface area contributed by atoms with Gasteiger partial charge in [-0.25, -0.2) is 4.98 Å². The summed E-state index contributed by atoms with van der Waals surface area (Å²) in [6.45, 7) is 5.70. The van der Waals surface area contributed by atoms with Gasteiger partial charge in [-0.1, -0.05) is 29.5 Å². The molecule has 0 aliphatic heterocycles. The van der Waals surface area contributed by atoms with Crippen molar-refractivity contribution in [3.63, 3.8) is 0 Å². The third-order valence-electron chi connectivity index (χ3n) is 4.84. The number of hydrogen-bond donors (Lipinski definition) is 0. The van der Waals surface area contributed by atoms with Gasteiger partial charge in [-0.2, -0.15) is 0 Å². The third kappa shape index (κ3) is 6.71. The number of nitrogens with zero attached hydrogens (tertiary/aromatic N) is 3. The summed E-state index contributed by atoms with van der Waals surface area (Å²) in [5, 5.41) is 0.813. The molecule has 4 nitrogen and oxygen atoms in total. The molecule has 3 aromatic rings. The van der Waals surface area contributed by atoms with Gasteiger partial charge in [0, 0.05) is 24.4 Å². The molecule has 0 saturated heterocycles. The van der Waals surface area contributed by atoms with Gasteiger partial charge in [-0.15, -0.1) is 24.2 Å². The van der Waals surface area contributed by atoms with Crippen LogP contribution in [0.1, 0.15) is 24.0 Å². The maximum Gasteiger partial charge on any atom is 0.228 e. The number of thiazole rings is 1. The molecule has 0 atom stereocenters. The van der Waals surface area contributed by atoms with Gasteiger partial charge in [0.1, 0.15) is 0 Å². The van der Waals surface area contributed by atoms with Crippen LogP contribution in [0.3, 0.4) is 0 Å². The molecule has 7 heteroatoms. The van der Waals surface area contributed by atoms with Crippen LogP contribution in [0, 0.1) is 13.8 Å². The van der Waals surface area contributed by atoms with E-state index in [2.05, 4.69) is 43.0 Å². The maximum atomic E-state index is 13.0. The summed E-state index contributed by atoms with van der Waals surface area (Å²) in [6, 6.07) is 14.6. The van der Waals surface area contributed by atoms with Crippen molar-refractivity contribution in [2.45, 2.75) is 31.6 Å². The minimum atomic E-state index is 0. The van der Waals surface area contributed by atoms with E-state index in [0.717, 1.165) is 34.1 Å². The Labute approximate surface area is 194 Å². The van der Waals surface area contributed by atoms with Crippen molar-refractivity contribution in [2.24, 2.45) is 0 Å². The molecule has 0 aliphatic rings. The fourth-order valence-electron chi connectivity index (χ4n) is 2.98. The zero-order chi connectivity index (χ0) is 20.8. The molecule has 0 radical (unpaired) electrons. The Bertz CT molecular complexity index is 921. The first kappa shape index (κ1) is 24.7. The number of aryl methyl sites for hydroxylation is 2. The molecule has 0 saturated carbocycles. The number of benzene rings is 2. The molecule has 3 rings (SSSR count). The van der Waals surface area contributed by atoms with Crippen LogP contribution in [0.15, 0.2) is 47.4 Å². The van der Waals surface area contributed by atoms with Gasteiger partial charge in [0.25, 0.3) is 0 Å². The Morgan fingerprint density at radius 3 is 2.47 bits per heavy atom. The molecule has 1 aromatic heterocycles. The van der Waals surface area contributed by atoms with E-state index in [-0.39, 0.29) is 18.3 Å². The molecule has 0 aliphatic carbocycles. The second-order valence-corrected chi connectivity index (χ2v) is 9.69. The zero-order valence-electron chi connectivity index (χ0n) is 18.1. The van der Waals surface area contributed by atoms with E-state index in [0.29, 0.717) is 13.0 Å². The normalized spacial score (nSPS) is 11.0. The summed E-state index contributed by atoms with van der Waals surface area (Å²) in [6.07, 6.45) is 1.40. The number of thioether (sulfide) groups is 1. The van der Waals surface area contributed by atoms with Gasteiger partial charge in [-0.05, 0) is 75.5 Å². The summed E-state index contributed by atoms with van der Waals surface area (Å²) in [5.41, 5.74) is 3.48. The lowest BCUT2D eigenvalue weighted by molar-refractivity contribution is -0.118. The maximum absolute atomic E-state index is 13.0. The van der Waals surface area contributed by atoms with Crippen LogP contribution >= 0.6 is 35.5 Å². The van der Waals surface area contributed by atoms with Gasteiger partial charge >= 0.3 is 0 Å². The summed E-state index contributed by atoms with van der Waals surface area (Å²) >= 11 is 3.42. The lowest BCUT2D eigenvalue weighted by Gasteiger charge is -2.22. The van der Waals surface area contributed by atoms with Gasteiger partial charge in [-0.3, -0.25) is 9.69 Å². The molecule has 0 unspecified atom stereocenters. The monoisotopic (exact) mass is 463 g/mol. The van der Waals surface area contributed by atoms with Gasteiger partial charge in [0.05, 0.1) is 10.2 Å².